The van der Waals surface area contributed by atoms with Crippen molar-refractivity contribution < 1.29 is 0 Å². The lowest BCUT2D eigenvalue weighted by atomic mass is 9.79. The van der Waals surface area contributed by atoms with Crippen molar-refractivity contribution in [3.63, 3.8) is 0 Å². The first-order valence-electron chi connectivity index (χ1n) is 7.99. The van der Waals surface area contributed by atoms with Crippen molar-refractivity contribution in [3.05, 3.63) is 90.0 Å². The summed E-state index contributed by atoms with van der Waals surface area (Å²) in [5, 5.41) is 4.95. The molecule has 1 unspecified atom stereocenters. The molecular formula is C22H14N2S2. The topological polar surface area (TPSA) is 24.7 Å². The molecule has 0 fully saturated rings. The van der Waals surface area contributed by atoms with Gasteiger partial charge in [-0.3, -0.25) is 0 Å². The van der Waals surface area contributed by atoms with E-state index in [2.05, 4.69) is 32.1 Å². The monoisotopic (exact) mass is 370 g/mol. The summed E-state index contributed by atoms with van der Waals surface area (Å²) in [6.45, 7) is 0. The van der Waals surface area contributed by atoms with E-state index in [0.717, 1.165) is 16.7 Å². The van der Waals surface area contributed by atoms with Gasteiger partial charge in [0.05, 0.1) is 16.2 Å². The number of hydrogen-bond acceptors (Lipinski definition) is 4. The number of benzene rings is 2. The largest absolute Gasteiger partial charge is 0.212 e. The molecule has 0 saturated heterocycles. The van der Waals surface area contributed by atoms with Crippen molar-refractivity contribution in [2.75, 3.05) is 0 Å². The highest BCUT2D eigenvalue weighted by molar-refractivity contribution is 7.78. The standard InChI is InChI=1S/C22H14N2S2/c25-16-23-22(24-17-26)20(15-14-18-8-3-1-4-9-18)12-7-13-21(22)19-10-5-2-6-11-19/h1-13,20H. The van der Waals surface area contributed by atoms with Crippen LogP contribution < -0.4 is 0 Å². The predicted molar refractivity (Wildman–Crippen MR) is 113 cm³/mol. The van der Waals surface area contributed by atoms with Gasteiger partial charge >= 0.3 is 0 Å². The minimum absolute atomic E-state index is 0.339. The molecule has 0 spiro atoms. The number of aliphatic imine (C=N–C) groups is 2. The Morgan fingerprint density at radius 1 is 0.846 bits per heavy atom. The van der Waals surface area contributed by atoms with Gasteiger partial charge in [-0.15, -0.1) is 0 Å². The Labute approximate surface area is 163 Å². The fourth-order valence-electron chi connectivity index (χ4n) is 2.87. The van der Waals surface area contributed by atoms with E-state index in [1.807, 2.05) is 78.9 Å². The van der Waals surface area contributed by atoms with E-state index in [1.54, 1.807) is 0 Å². The summed E-state index contributed by atoms with van der Waals surface area (Å²) in [5.41, 5.74) is 1.68. The van der Waals surface area contributed by atoms with E-state index in [4.69, 9.17) is 24.4 Å². The minimum atomic E-state index is -1.08. The maximum absolute atomic E-state index is 4.91. The number of hydrogen-bond donors (Lipinski definition) is 0. The fourth-order valence-corrected chi connectivity index (χ4v) is 3.15. The summed E-state index contributed by atoms with van der Waals surface area (Å²) in [6, 6.07) is 19.7. The third-order valence-corrected chi connectivity index (χ3v) is 4.24. The van der Waals surface area contributed by atoms with Crippen LogP contribution in [0.1, 0.15) is 11.1 Å². The number of isothiocyanates is 2. The first-order chi connectivity index (χ1) is 12.8. The summed E-state index contributed by atoms with van der Waals surface area (Å²) in [4.78, 5) is 8.81. The van der Waals surface area contributed by atoms with Gasteiger partial charge in [-0.05, 0) is 42.1 Å². The van der Waals surface area contributed by atoms with Gasteiger partial charge in [0.1, 0.15) is 0 Å². The molecule has 2 aromatic carbocycles. The van der Waals surface area contributed by atoms with Crippen molar-refractivity contribution >= 4 is 40.3 Å². The maximum Gasteiger partial charge on any atom is 0.212 e. The predicted octanol–water partition coefficient (Wildman–Crippen LogP) is 5.21. The molecule has 0 amide bonds. The van der Waals surface area contributed by atoms with Crippen LogP contribution in [0, 0.1) is 17.8 Å². The molecule has 1 aliphatic carbocycles. The van der Waals surface area contributed by atoms with Crippen molar-refractivity contribution in [1.82, 2.24) is 0 Å². The summed E-state index contributed by atoms with van der Waals surface area (Å²) < 4.78 is 0. The van der Waals surface area contributed by atoms with Crippen LogP contribution in [-0.2, 0) is 0 Å². The molecule has 4 heteroatoms. The quantitative estimate of drug-likeness (QED) is 0.421. The smallest absolute Gasteiger partial charge is 0.194 e. The van der Waals surface area contributed by atoms with E-state index in [-0.39, 0.29) is 5.92 Å². The Balaban J connectivity index is 2.14. The van der Waals surface area contributed by atoms with Gasteiger partial charge in [-0.1, -0.05) is 78.6 Å². The van der Waals surface area contributed by atoms with Crippen LogP contribution in [0.5, 0.6) is 0 Å². The van der Waals surface area contributed by atoms with Crippen LogP contribution in [-0.4, -0.2) is 16.0 Å². The Kier molecular flexibility index (Phi) is 5.81. The van der Waals surface area contributed by atoms with Gasteiger partial charge in [0, 0.05) is 11.1 Å². The van der Waals surface area contributed by atoms with Gasteiger partial charge in [0.15, 0.2) is 0 Å². The highest BCUT2D eigenvalue weighted by Crippen LogP contribution is 2.41. The van der Waals surface area contributed by atoms with E-state index in [9.17, 15) is 0 Å². The van der Waals surface area contributed by atoms with Crippen LogP contribution in [0.2, 0.25) is 0 Å². The van der Waals surface area contributed by atoms with Crippen molar-refractivity contribution in [3.8, 4) is 11.8 Å². The van der Waals surface area contributed by atoms with Gasteiger partial charge in [0.25, 0.3) is 0 Å². The second-order valence-corrected chi connectivity index (χ2v) is 5.94. The molecule has 2 aromatic rings. The molecule has 0 aliphatic heterocycles. The first kappa shape index (κ1) is 17.9. The molecule has 0 aromatic heterocycles. The number of nitrogens with zero attached hydrogens (tertiary/aromatic N) is 2. The van der Waals surface area contributed by atoms with E-state index in [1.165, 1.54) is 0 Å². The summed E-state index contributed by atoms with van der Waals surface area (Å²) in [7, 11) is 0. The Hall–Kier alpha value is -2.92. The van der Waals surface area contributed by atoms with Crippen LogP contribution in [0.15, 0.2) is 88.9 Å². The third-order valence-electron chi connectivity index (χ3n) is 4.06. The average molecular weight is 371 g/mol. The molecule has 0 N–H and O–H groups in total. The minimum Gasteiger partial charge on any atom is -0.194 e. The molecule has 0 bridgehead atoms. The van der Waals surface area contributed by atoms with E-state index in [0.29, 0.717) is 0 Å². The van der Waals surface area contributed by atoms with Crippen LogP contribution >= 0.6 is 24.4 Å². The molecule has 2 nitrogen and oxygen atoms in total. The van der Waals surface area contributed by atoms with Crippen LogP contribution in [0.25, 0.3) is 5.57 Å². The molecule has 0 saturated carbocycles. The zero-order valence-electron chi connectivity index (χ0n) is 13.8. The third kappa shape index (κ3) is 3.68. The Morgan fingerprint density at radius 3 is 2.08 bits per heavy atom. The fraction of sp³-hybridized carbons (Fsp3) is 0.0909. The number of rotatable bonds is 3. The van der Waals surface area contributed by atoms with Crippen LogP contribution in [0.3, 0.4) is 0 Å². The summed E-state index contributed by atoms with van der Waals surface area (Å²) >= 11 is 9.83. The zero-order chi connectivity index (χ0) is 18.2. The van der Waals surface area contributed by atoms with Crippen molar-refractivity contribution in [2.45, 2.75) is 5.66 Å². The number of allylic oxidation sites excluding steroid dienone is 2. The first-order valence-corrected chi connectivity index (χ1v) is 8.81. The molecule has 26 heavy (non-hydrogen) atoms. The maximum atomic E-state index is 4.91. The van der Waals surface area contributed by atoms with Gasteiger partial charge in [-0.2, -0.15) is 9.98 Å². The lowest BCUT2D eigenvalue weighted by Crippen LogP contribution is -2.35. The van der Waals surface area contributed by atoms with Crippen molar-refractivity contribution in [1.29, 1.82) is 0 Å². The van der Waals surface area contributed by atoms with E-state index >= 15 is 0 Å². The molecule has 3 rings (SSSR count). The van der Waals surface area contributed by atoms with Gasteiger partial charge < -0.3 is 0 Å². The SMILES string of the molecule is S=C=NC1(N=C=S)C(c2ccccc2)=CC=CC1C#Cc1ccccc1. The molecular weight excluding hydrogens is 356 g/mol. The molecule has 0 heterocycles. The van der Waals surface area contributed by atoms with Crippen LogP contribution in [0.4, 0.5) is 0 Å². The second kappa shape index (κ2) is 8.45. The summed E-state index contributed by atoms with van der Waals surface area (Å²) in [5.74, 6) is 6.11. The highest BCUT2D eigenvalue weighted by Gasteiger charge is 2.42. The summed E-state index contributed by atoms with van der Waals surface area (Å²) in [6.07, 6.45) is 5.87. The van der Waals surface area contributed by atoms with Gasteiger partial charge in [0.2, 0.25) is 5.66 Å². The Morgan fingerprint density at radius 2 is 1.46 bits per heavy atom. The normalized spacial score (nSPS) is 20.6. The second-order valence-electron chi connectivity index (χ2n) is 5.58. The number of thiocarbonyl (C=S) groups is 2. The highest BCUT2D eigenvalue weighted by atomic mass is 32.1. The lowest BCUT2D eigenvalue weighted by molar-refractivity contribution is 0.510. The molecule has 124 valence electrons. The Bertz CT molecular complexity index is 980. The lowest BCUT2D eigenvalue weighted by Gasteiger charge is -2.32. The van der Waals surface area contributed by atoms with Gasteiger partial charge in [-0.25, -0.2) is 0 Å². The molecule has 1 atom stereocenters. The molecule has 0 radical (unpaired) electrons. The zero-order valence-corrected chi connectivity index (χ0v) is 15.4. The van der Waals surface area contributed by atoms with E-state index < -0.39 is 5.66 Å². The van der Waals surface area contributed by atoms with Crippen molar-refractivity contribution in [2.24, 2.45) is 15.9 Å². The average Bonchev–Trinajstić information content (AvgIpc) is 2.69. The molecule has 1 aliphatic rings.